The van der Waals surface area contributed by atoms with Gasteiger partial charge < -0.3 is 14.4 Å². The molecule has 2 aliphatic rings. The number of nitrogens with zero attached hydrogens (tertiary/aromatic N) is 4. The summed E-state index contributed by atoms with van der Waals surface area (Å²) >= 11 is 0. The zero-order valence-electron chi connectivity index (χ0n) is 17.7. The molecule has 4 rings (SSSR count). The van der Waals surface area contributed by atoms with E-state index < -0.39 is 6.10 Å². The fraction of sp³-hybridized carbons (Fsp3) is 0.591. The van der Waals surface area contributed by atoms with Gasteiger partial charge in [0.2, 0.25) is 0 Å². The maximum absolute atomic E-state index is 13.0. The Hall–Kier alpha value is -2.61. The maximum atomic E-state index is 13.0. The van der Waals surface area contributed by atoms with E-state index in [1.54, 1.807) is 14.0 Å². The van der Waals surface area contributed by atoms with E-state index in [2.05, 4.69) is 5.10 Å². The van der Waals surface area contributed by atoms with E-state index in [1.165, 1.54) is 4.68 Å². The number of methoxy groups -OCH3 is 1. The minimum atomic E-state index is -0.559. The molecule has 0 spiro atoms. The van der Waals surface area contributed by atoms with Gasteiger partial charge >= 0.3 is 5.69 Å². The number of aromatic nitrogens is 3. The molecule has 1 aromatic heterocycles. The van der Waals surface area contributed by atoms with Crippen LogP contribution in [0.4, 0.5) is 0 Å². The molecule has 2 heterocycles. The van der Waals surface area contributed by atoms with Crippen LogP contribution in [0.2, 0.25) is 0 Å². The minimum absolute atomic E-state index is 0.0253. The average molecular weight is 415 g/mol. The number of likely N-dealkylation sites (tertiary alicyclic amines) is 1. The number of ether oxygens (including phenoxy) is 2. The highest BCUT2D eigenvalue weighted by molar-refractivity contribution is 5.81. The highest BCUT2D eigenvalue weighted by Crippen LogP contribution is 2.37. The SMILES string of the molecule is COCCn1nc(C2CCCN(C(=O)C(C)Oc3ccccc3)C2)n(C2CC2)c1=O. The number of para-hydroxylation sites is 1. The van der Waals surface area contributed by atoms with Crippen molar-refractivity contribution in [2.75, 3.05) is 26.8 Å². The molecule has 1 amide bonds. The van der Waals surface area contributed by atoms with Crippen molar-refractivity contribution in [3.05, 3.63) is 46.6 Å². The third-order valence-corrected chi connectivity index (χ3v) is 5.82. The number of piperidine rings is 1. The number of hydrogen-bond acceptors (Lipinski definition) is 5. The van der Waals surface area contributed by atoms with Gasteiger partial charge in [0.15, 0.2) is 6.10 Å². The summed E-state index contributed by atoms with van der Waals surface area (Å²) in [6, 6.07) is 9.64. The zero-order chi connectivity index (χ0) is 21.1. The average Bonchev–Trinajstić information content (AvgIpc) is 3.55. The molecule has 1 aliphatic heterocycles. The molecular formula is C22H30N4O4. The van der Waals surface area contributed by atoms with Crippen LogP contribution < -0.4 is 10.4 Å². The Balaban J connectivity index is 1.48. The first-order valence-corrected chi connectivity index (χ1v) is 10.8. The van der Waals surface area contributed by atoms with Gasteiger partial charge in [0, 0.05) is 32.2 Å². The fourth-order valence-corrected chi connectivity index (χ4v) is 4.11. The van der Waals surface area contributed by atoms with Gasteiger partial charge in [-0.25, -0.2) is 9.48 Å². The third-order valence-electron chi connectivity index (χ3n) is 5.82. The molecule has 30 heavy (non-hydrogen) atoms. The van der Waals surface area contributed by atoms with Crippen LogP contribution in [0.25, 0.3) is 0 Å². The summed E-state index contributed by atoms with van der Waals surface area (Å²) in [4.78, 5) is 27.7. The summed E-state index contributed by atoms with van der Waals surface area (Å²) in [5.74, 6) is 1.53. The molecule has 1 saturated carbocycles. The topological polar surface area (TPSA) is 78.6 Å². The summed E-state index contributed by atoms with van der Waals surface area (Å²) < 4.78 is 14.3. The van der Waals surface area contributed by atoms with Crippen molar-refractivity contribution in [1.82, 2.24) is 19.2 Å². The Bertz CT molecular complexity index is 919. The lowest BCUT2D eigenvalue weighted by Gasteiger charge is -2.34. The van der Waals surface area contributed by atoms with Gasteiger partial charge in [0.05, 0.1) is 13.2 Å². The molecule has 0 radical (unpaired) electrons. The molecule has 2 aromatic rings. The van der Waals surface area contributed by atoms with Crippen molar-refractivity contribution in [2.24, 2.45) is 0 Å². The second-order valence-electron chi connectivity index (χ2n) is 8.15. The van der Waals surface area contributed by atoms with Crippen LogP contribution in [0.5, 0.6) is 5.75 Å². The fourth-order valence-electron chi connectivity index (χ4n) is 4.11. The molecule has 0 bridgehead atoms. The van der Waals surface area contributed by atoms with Crippen LogP contribution in [0, 0.1) is 0 Å². The Morgan fingerprint density at radius 1 is 1.23 bits per heavy atom. The van der Waals surface area contributed by atoms with E-state index in [4.69, 9.17) is 9.47 Å². The van der Waals surface area contributed by atoms with Crippen LogP contribution in [0.3, 0.4) is 0 Å². The van der Waals surface area contributed by atoms with Gasteiger partial charge in [-0.05, 0) is 44.7 Å². The first kappa shape index (κ1) is 20.7. The molecule has 0 N–H and O–H groups in total. The Morgan fingerprint density at radius 2 is 2.00 bits per heavy atom. The quantitative estimate of drug-likeness (QED) is 0.662. The number of amides is 1. The summed E-state index contributed by atoms with van der Waals surface area (Å²) in [6.45, 7) is 3.95. The minimum Gasteiger partial charge on any atom is -0.481 e. The lowest BCUT2D eigenvalue weighted by molar-refractivity contribution is -0.139. The van der Waals surface area contributed by atoms with Crippen LogP contribution >= 0.6 is 0 Å². The van der Waals surface area contributed by atoms with Gasteiger partial charge in [-0.15, -0.1) is 0 Å². The first-order chi connectivity index (χ1) is 14.6. The predicted molar refractivity (Wildman–Crippen MR) is 112 cm³/mol. The van der Waals surface area contributed by atoms with E-state index in [0.29, 0.717) is 32.0 Å². The molecule has 8 nitrogen and oxygen atoms in total. The van der Waals surface area contributed by atoms with Crippen LogP contribution in [-0.2, 0) is 16.1 Å². The van der Waals surface area contributed by atoms with Crippen molar-refractivity contribution in [2.45, 2.75) is 57.2 Å². The Labute approximate surface area is 176 Å². The number of hydrogen-bond donors (Lipinski definition) is 0. The smallest absolute Gasteiger partial charge is 0.346 e. The molecule has 2 fully saturated rings. The van der Waals surface area contributed by atoms with E-state index >= 15 is 0 Å². The second kappa shape index (κ2) is 9.04. The van der Waals surface area contributed by atoms with Gasteiger partial charge in [0.25, 0.3) is 5.91 Å². The van der Waals surface area contributed by atoms with Crippen molar-refractivity contribution in [3.8, 4) is 5.75 Å². The molecule has 1 saturated heterocycles. The van der Waals surface area contributed by atoms with Gasteiger partial charge in [-0.3, -0.25) is 9.36 Å². The normalized spacial score (nSPS) is 20.2. The van der Waals surface area contributed by atoms with Crippen LogP contribution in [-0.4, -0.2) is 58.1 Å². The van der Waals surface area contributed by atoms with Crippen molar-refractivity contribution >= 4 is 5.91 Å². The standard InChI is InChI=1S/C22H30N4O4/c1-16(30-19-8-4-3-5-9-19)21(27)24-12-6-7-17(15-24)20-23-25(13-14-29-2)22(28)26(20)18-10-11-18/h3-5,8-9,16-18H,6-7,10-15H2,1-2H3. The zero-order valence-corrected chi connectivity index (χ0v) is 17.7. The lowest BCUT2D eigenvalue weighted by Crippen LogP contribution is -2.45. The summed E-state index contributed by atoms with van der Waals surface area (Å²) in [5, 5.41) is 4.66. The summed E-state index contributed by atoms with van der Waals surface area (Å²) in [6.07, 6.45) is 3.28. The van der Waals surface area contributed by atoms with E-state index in [0.717, 1.165) is 31.5 Å². The lowest BCUT2D eigenvalue weighted by atomic mass is 9.96. The largest absolute Gasteiger partial charge is 0.481 e. The highest BCUT2D eigenvalue weighted by Gasteiger charge is 2.36. The first-order valence-electron chi connectivity index (χ1n) is 10.8. The van der Waals surface area contributed by atoms with Crippen LogP contribution in [0.15, 0.2) is 35.1 Å². The molecule has 162 valence electrons. The molecule has 1 aliphatic carbocycles. The second-order valence-corrected chi connectivity index (χ2v) is 8.15. The van der Waals surface area contributed by atoms with E-state index in [-0.39, 0.29) is 23.6 Å². The summed E-state index contributed by atoms with van der Waals surface area (Å²) in [7, 11) is 1.62. The van der Waals surface area contributed by atoms with Gasteiger partial charge in [-0.2, -0.15) is 5.10 Å². The third kappa shape index (κ3) is 4.43. The number of benzene rings is 1. The number of carbonyl (C=O) groups excluding carboxylic acids is 1. The molecular weight excluding hydrogens is 384 g/mol. The predicted octanol–water partition coefficient (Wildman–Crippen LogP) is 2.20. The molecule has 1 aromatic carbocycles. The van der Waals surface area contributed by atoms with Gasteiger partial charge in [-0.1, -0.05) is 18.2 Å². The van der Waals surface area contributed by atoms with Gasteiger partial charge in [0.1, 0.15) is 11.6 Å². The van der Waals surface area contributed by atoms with Crippen molar-refractivity contribution in [1.29, 1.82) is 0 Å². The van der Waals surface area contributed by atoms with Crippen molar-refractivity contribution < 1.29 is 14.3 Å². The van der Waals surface area contributed by atoms with E-state index in [9.17, 15) is 9.59 Å². The Morgan fingerprint density at radius 3 is 2.70 bits per heavy atom. The molecule has 2 unspecified atom stereocenters. The summed E-state index contributed by atoms with van der Waals surface area (Å²) in [5.41, 5.74) is -0.0613. The maximum Gasteiger partial charge on any atom is 0.346 e. The molecule has 2 atom stereocenters. The monoisotopic (exact) mass is 414 g/mol. The molecule has 8 heteroatoms. The number of rotatable bonds is 8. The van der Waals surface area contributed by atoms with Crippen molar-refractivity contribution in [3.63, 3.8) is 0 Å². The number of carbonyl (C=O) groups is 1. The van der Waals surface area contributed by atoms with Crippen LogP contribution in [0.1, 0.15) is 50.4 Å². The Kier molecular flexibility index (Phi) is 6.22. The van der Waals surface area contributed by atoms with E-state index in [1.807, 2.05) is 39.8 Å². The highest BCUT2D eigenvalue weighted by atomic mass is 16.5.